The highest BCUT2D eigenvalue weighted by Crippen LogP contribution is 2.14. The largest absolute Gasteiger partial charge is 0.466 e. The minimum Gasteiger partial charge on any atom is -0.466 e. The van der Waals surface area contributed by atoms with Crippen LogP contribution in [0.5, 0.6) is 0 Å². The zero-order valence-electron chi connectivity index (χ0n) is 8.32. The maximum absolute atomic E-state index is 11.3. The zero-order chi connectivity index (χ0) is 10.3. The minimum atomic E-state index is -0.793. The Morgan fingerprint density at radius 2 is 2.23 bits per heavy atom. The van der Waals surface area contributed by atoms with Gasteiger partial charge in [0, 0.05) is 0 Å². The van der Waals surface area contributed by atoms with Gasteiger partial charge in [0.15, 0.2) is 0 Å². The molecule has 0 heterocycles. The monoisotopic (exact) mass is 186 g/mol. The molecular weight excluding hydrogens is 168 g/mol. The maximum atomic E-state index is 11.3. The molecule has 0 fully saturated rings. The molecule has 1 N–H and O–H groups in total. The van der Waals surface area contributed by atoms with Crippen molar-refractivity contribution < 1.29 is 14.6 Å². The van der Waals surface area contributed by atoms with Gasteiger partial charge in [-0.15, -0.1) is 6.58 Å². The van der Waals surface area contributed by atoms with Gasteiger partial charge in [0.05, 0.1) is 18.6 Å². The van der Waals surface area contributed by atoms with Crippen LogP contribution in [0.25, 0.3) is 0 Å². The predicted octanol–water partition coefficient (Wildman–Crippen LogP) is 1.51. The highest BCUT2D eigenvalue weighted by molar-refractivity contribution is 5.73. The molecule has 0 saturated carbocycles. The van der Waals surface area contributed by atoms with Crippen molar-refractivity contribution in [2.24, 2.45) is 5.92 Å². The van der Waals surface area contributed by atoms with Gasteiger partial charge in [0.25, 0.3) is 0 Å². The molecule has 0 aliphatic heterocycles. The smallest absolute Gasteiger partial charge is 0.311 e. The first-order chi connectivity index (χ1) is 6.17. The van der Waals surface area contributed by atoms with Crippen LogP contribution in [0, 0.1) is 5.92 Å². The first-order valence-corrected chi connectivity index (χ1v) is 4.64. The maximum Gasteiger partial charge on any atom is 0.311 e. The molecule has 76 valence electrons. The highest BCUT2D eigenvalue weighted by atomic mass is 16.5. The van der Waals surface area contributed by atoms with Crippen molar-refractivity contribution in [2.75, 3.05) is 6.61 Å². The lowest BCUT2D eigenvalue weighted by atomic mass is 9.97. The van der Waals surface area contributed by atoms with Crippen LogP contribution in [0.1, 0.15) is 26.7 Å². The van der Waals surface area contributed by atoms with Gasteiger partial charge in [-0.3, -0.25) is 4.79 Å². The Bertz CT molecular complexity index is 166. The summed E-state index contributed by atoms with van der Waals surface area (Å²) in [5.74, 6) is -0.792. The highest BCUT2D eigenvalue weighted by Gasteiger charge is 2.24. The summed E-state index contributed by atoms with van der Waals surface area (Å²) in [6, 6.07) is 0. The van der Waals surface area contributed by atoms with Crippen LogP contribution in [0.3, 0.4) is 0 Å². The quantitative estimate of drug-likeness (QED) is 0.505. The third kappa shape index (κ3) is 4.08. The van der Waals surface area contributed by atoms with E-state index < -0.39 is 12.0 Å². The second-order valence-corrected chi connectivity index (χ2v) is 2.87. The van der Waals surface area contributed by atoms with Gasteiger partial charge in [-0.1, -0.05) is 19.4 Å². The summed E-state index contributed by atoms with van der Waals surface area (Å²) < 4.78 is 4.83. The van der Waals surface area contributed by atoms with Gasteiger partial charge in [0.2, 0.25) is 0 Å². The van der Waals surface area contributed by atoms with Crippen molar-refractivity contribution >= 4 is 5.97 Å². The Hall–Kier alpha value is -0.830. The molecule has 2 unspecified atom stereocenters. The average molecular weight is 186 g/mol. The van der Waals surface area contributed by atoms with Gasteiger partial charge in [0.1, 0.15) is 0 Å². The number of aliphatic hydroxyl groups is 1. The van der Waals surface area contributed by atoms with Gasteiger partial charge < -0.3 is 9.84 Å². The summed E-state index contributed by atoms with van der Waals surface area (Å²) in [5, 5.41) is 9.43. The number of esters is 1. The van der Waals surface area contributed by atoms with E-state index in [1.165, 1.54) is 6.08 Å². The van der Waals surface area contributed by atoms with E-state index in [4.69, 9.17) is 4.74 Å². The topological polar surface area (TPSA) is 46.5 Å². The lowest BCUT2D eigenvalue weighted by Crippen LogP contribution is -2.28. The van der Waals surface area contributed by atoms with Crippen LogP contribution in [-0.2, 0) is 9.53 Å². The van der Waals surface area contributed by atoms with E-state index in [1.807, 2.05) is 6.92 Å². The van der Waals surface area contributed by atoms with Crippen LogP contribution in [0.2, 0.25) is 0 Å². The summed E-state index contributed by atoms with van der Waals surface area (Å²) in [6.07, 6.45) is 2.05. The molecule has 0 aromatic heterocycles. The Morgan fingerprint density at radius 1 is 1.62 bits per heavy atom. The third-order valence-electron chi connectivity index (χ3n) is 1.84. The number of rotatable bonds is 6. The zero-order valence-corrected chi connectivity index (χ0v) is 8.32. The molecule has 2 atom stereocenters. The van der Waals surface area contributed by atoms with Gasteiger partial charge in [-0.2, -0.15) is 0 Å². The number of aliphatic hydroxyl groups excluding tert-OH is 1. The molecule has 13 heavy (non-hydrogen) atoms. The van der Waals surface area contributed by atoms with Crippen molar-refractivity contribution in [1.29, 1.82) is 0 Å². The lowest BCUT2D eigenvalue weighted by Gasteiger charge is -2.17. The molecule has 0 saturated heterocycles. The van der Waals surface area contributed by atoms with Crippen molar-refractivity contribution in [1.82, 2.24) is 0 Å². The molecule has 3 heteroatoms. The van der Waals surface area contributed by atoms with Gasteiger partial charge >= 0.3 is 5.97 Å². The summed E-state index contributed by atoms with van der Waals surface area (Å²) in [5.41, 5.74) is 0. The van der Waals surface area contributed by atoms with Crippen LogP contribution >= 0.6 is 0 Å². The fourth-order valence-corrected chi connectivity index (χ4v) is 1.15. The Kier molecular flexibility index (Phi) is 6.24. The van der Waals surface area contributed by atoms with E-state index in [0.717, 1.165) is 6.42 Å². The molecule has 0 radical (unpaired) electrons. The van der Waals surface area contributed by atoms with Crippen LogP contribution in [0.4, 0.5) is 0 Å². The van der Waals surface area contributed by atoms with Crippen molar-refractivity contribution in [3.05, 3.63) is 12.7 Å². The molecule has 0 spiro atoms. The first-order valence-electron chi connectivity index (χ1n) is 4.64. The summed E-state index contributed by atoms with van der Waals surface area (Å²) in [6.45, 7) is 7.51. The van der Waals surface area contributed by atoms with E-state index in [9.17, 15) is 9.90 Å². The normalized spacial score (nSPS) is 14.7. The van der Waals surface area contributed by atoms with E-state index >= 15 is 0 Å². The molecule has 0 rings (SSSR count). The van der Waals surface area contributed by atoms with Crippen molar-refractivity contribution in [2.45, 2.75) is 32.8 Å². The molecule has 0 aromatic rings. The molecule has 0 bridgehead atoms. The molecule has 0 aromatic carbocycles. The summed E-state index contributed by atoms with van der Waals surface area (Å²) >= 11 is 0. The van der Waals surface area contributed by atoms with Crippen molar-refractivity contribution in [3.63, 3.8) is 0 Å². The Balaban J connectivity index is 4.21. The van der Waals surface area contributed by atoms with Crippen LogP contribution in [-0.4, -0.2) is 23.8 Å². The number of hydrogen-bond acceptors (Lipinski definition) is 3. The summed E-state index contributed by atoms with van der Waals surface area (Å²) in [7, 11) is 0. The molecular formula is C10H18O3. The molecule has 0 aliphatic carbocycles. The van der Waals surface area contributed by atoms with E-state index in [1.54, 1.807) is 6.92 Å². The Labute approximate surface area is 79.4 Å². The van der Waals surface area contributed by atoms with Crippen molar-refractivity contribution in [3.8, 4) is 0 Å². The number of hydrogen-bond donors (Lipinski definition) is 1. The average Bonchev–Trinajstić information content (AvgIpc) is 2.13. The predicted molar refractivity (Wildman–Crippen MR) is 51.2 cm³/mol. The lowest BCUT2D eigenvalue weighted by molar-refractivity contribution is -0.151. The molecule has 0 aliphatic rings. The van der Waals surface area contributed by atoms with E-state index in [-0.39, 0.29) is 5.97 Å². The number of ether oxygens (including phenoxy) is 1. The minimum absolute atomic E-state index is 0.336. The van der Waals surface area contributed by atoms with Crippen LogP contribution in [0.15, 0.2) is 12.7 Å². The second kappa shape index (κ2) is 6.66. The fraction of sp³-hybridized carbons (Fsp3) is 0.700. The Morgan fingerprint density at radius 3 is 2.62 bits per heavy atom. The third-order valence-corrected chi connectivity index (χ3v) is 1.84. The van der Waals surface area contributed by atoms with Gasteiger partial charge in [-0.25, -0.2) is 0 Å². The van der Waals surface area contributed by atoms with E-state index in [0.29, 0.717) is 13.0 Å². The van der Waals surface area contributed by atoms with Crippen LogP contribution < -0.4 is 0 Å². The fourth-order valence-electron chi connectivity index (χ4n) is 1.15. The molecule has 0 amide bonds. The number of carbonyl (C=O) groups is 1. The van der Waals surface area contributed by atoms with E-state index in [2.05, 4.69) is 6.58 Å². The van der Waals surface area contributed by atoms with Gasteiger partial charge in [-0.05, 0) is 13.3 Å². The number of carbonyl (C=O) groups excluding carboxylic acids is 1. The standard InChI is InChI=1S/C10H18O3/c1-4-7-8(9(11)5-2)10(12)13-6-3/h5,8-9,11H,2,4,6-7H2,1,3H3. The SMILES string of the molecule is C=CC(O)C(CCC)C(=O)OCC. The summed E-state index contributed by atoms with van der Waals surface area (Å²) in [4.78, 5) is 11.3. The first kappa shape index (κ1) is 12.2. The second-order valence-electron chi connectivity index (χ2n) is 2.87. The molecule has 3 nitrogen and oxygen atoms in total.